The van der Waals surface area contributed by atoms with Crippen LogP contribution in [0.2, 0.25) is 0 Å². The average Bonchev–Trinajstić information content (AvgIpc) is 2.39. The summed E-state index contributed by atoms with van der Waals surface area (Å²) in [5, 5.41) is 0. The molecule has 16 heavy (non-hydrogen) atoms. The summed E-state index contributed by atoms with van der Waals surface area (Å²) in [6, 6.07) is 11.3. The van der Waals surface area contributed by atoms with Crippen LogP contribution in [0.15, 0.2) is 42.6 Å². The normalized spacial score (nSPS) is 9.81. The van der Waals surface area contributed by atoms with Gasteiger partial charge in [-0.25, -0.2) is 0 Å². The molecular formula is C13H11NO2. The molecule has 2 aromatic rings. The van der Waals surface area contributed by atoms with Crippen LogP contribution < -0.4 is 4.74 Å². The maximum Gasteiger partial charge on any atom is 0.168 e. The first-order valence-electron chi connectivity index (χ1n) is 4.89. The molecule has 80 valence electrons. The number of carbonyl (C=O) groups is 1. The fraction of sp³-hybridized carbons (Fsp3) is 0.0769. The van der Waals surface area contributed by atoms with Crippen molar-refractivity contribution < 1.29 is 9.53 Å². The van der Waals surface area contributed by atoms with E-state index >= 15 is 0 Å². The lowest BCUT2D eigenvalue weighted by Crippen LogP contribution is -1.87. The van der Waals surface area contributed by atoms with Gasteiger partial charge in [0.05, 0.1) is 7.11 Å². The molecule has 2 rings (SSSR count). The second-order valence-corrected chi connectivity index (χ2v) is 3.32. The van der Waals surface area contributed by atoms with Crippen molar-refractivity contribution in [2.45, 2.75) is 0 Å². The Hall–Kier alpha value is -2.16. The van der Waals surface area contributed by atoms with Gasteiger partial charge in [0.1, 0.15) is 11.4 Å². The average molecular weight is 213 g/mol. The van der Waals surface area contributed by atoms with Crippen LogP contribution in [-0.2, 0) is 0 Å². The minimum Gasteiger partial charge on any atom is -0.497 e. The standard InChI is InChI=1S/C13H11NO2/c1-16-13-4-2-10(3-5-13)11-6-7-14-12(8-11)9-15/h2-9H,1H3. The third-order valence-corrected chi connectivity index (χ3v) is 2.33. The largest absolute Gasteiger partial charge is 0.497 e. The molecule has 3 nitrogen and oxygen atoms in total. The minimum atomic E-state index is 0.438. The van der Waals surface area contributed by atoms with Gasteiger partial charge < -0.3 is 4.74 Å². The number of aromatic nitrogens is 1. The van der Waals surface area contributed by atoms with Crippen molar-refractivity contribution in [3.8, 4) is 16.9 Å². The molecule has 0 saturated carbocycles. The van der Waals surface area contributed by atoms with Gasteiger partial charge in [0, 0.05) is 6.20 Å². The number of hydrogen-bond donors (Lipinski definition) is 0. The van der Waals surface area contributed by atoms with E-state index in [2.05, 4.69) is 4.98 Å². The fourth-order valence-corrected chi connectivity index (χ4v) is 1.48. The lowest BCUT2D eigenvalue weighted by atomic mass is 10.1. The zero-order valence-electron chi connectivity index (χ0n) is 8.88. The second kappa shape index (κ2) is 4.57. The van der Waals surface area contributed by atoms with Gasteiger partial charge in [-0.15, -0.1) is 0 Å². The van der Waals surface area contributed by atoms with Crippen molar-refractivity contribution in [3.05, 3.63) is 48.3 Å². The monoisotopic (exact) mass is 213 g/mol. The molecule has 0 N–H and O–H groups in total. The van der Waals surface area contributed by atoms with Crippen LogP contribution in [0.3, 0.4) is 0 Å². The zero-order valence-corrected chi connectivity index (χ0v) is 8.88. The maximum atomic E-state index is 10.6. The molecule has 0 radical (unpaired) electrons. The van der Waals surface area contributed by atoms with Gasteiger partial charge in [-0.05, 0) is 35.4 Å². The van der Waals surface area contributed by atoms with Crippen molar-refractivity contribution in [3.63, 3.8) is 0 Å². The Morgan fingerprint density at radius 3 is 2.50 bits per heavy atom. The number of benzene rings is 1. The molecule has 0 amide bonds. The van der Waals surface area contributed by atoms with Gasteiger partial charge in [-0.2, -0.15) is 0 Å². The number of aldehydes is 1. The van der Waals surface area contributed by atoms with Crippen molar-refractivity contribution >= 4 is 6.29 Å². The number of ether oxygens (including phenoxy) is 1. The van der Waals surface area contributed by atoms with Gasteiger partial charge >= 0.3 is 0 Å². The summed E-state index contributed by atoms with van der Waals surface area (Å²) >= 11 is 0. The van der Waals surface area contributed by atoms with E-state index in [1.807, 2.05) is 30.3 Å². The molecule has 0 aliphatic rings. The fourth-order valence-electron chi connectivity index (χ4n) is 1.48. The summed E-state index contributed by atoms with van der Waals surface area (Å²) in [4.78, 5) is 14.5. The highest BCUT2D eigenvalue weighted by Crippen LogP contribution is 2.21. The second-order valence-electron chi connectivity index (χ2n) is 3.32. The van der Waals surface area contributed by atoms with Gasteiger partial charge in [0.2, 0.25) is 0 Å². The van der Waals surface area contributed by atoms with Gasteiger partial charge in [0.25, 0.3) is 0 Å². The molecule has 0 aliphatic carbocycles. The molecular weight excluding hydrogens is 202 g/mol. The summed E-state index contributed by atoms with van der Waals surface area (Å²) < 4.78 is 5.08. The van der Waals surface area contributed by atoms with Crippen molar-refractivity contribution in [2.24, 2.45) is 0 Å². The number of rotatable bonds is 3. The van der Waals surface area contributed by atoms with Crippen molar-refractivity contribution in [1.82, 2.24) is 4.98 Å². The van der Waals surface area contributed by atoms with Crippen LogP contribution >= 0.6 is 0 Å². The Morgan fingerprint density at radius 1 is 1.12 bits per heavy atom. The van der Waals surface area contributed by atoms with Gasteiger partial charge in [-0.1, -0.05) is 12.1 Å². The Kier molecular flexibility index (Phi) is 2.96. The SMILES string of the molecule is COc1ccc(-c2ccnc(C=O)c2)cc1. The van der Waals surface area contributed by atoms with E-state index in [0.29, 0.717) is 5.69 Å². The third kappa shape index (κ3) is 2.08. The molecule has 0 spiro atoms. The van der Waals surface area contributed by atoms with Gasteiger partial charge in [-0.3, -0.25) is 9.78 Å². The van der Waals surface area contributed by atoms with Crippen LogP contribution in [0.4, 0.5) is 0 Å². The third-order valence-electron chi connectivity index (χ3n) is 2.33. The van der Waals surface area contributed by atoms with Crippen LogP contribution in [-0.4, -0.2) is 18.4 Å². The predicted molar refractivity (Wildman–Crippen MR) is 61.6 cm³/mol. The van der Waals surface area contributed by atoms with Crippen molar-refractivity contribution in [1.29, 1.82) is 0 Å². The summed E-state index contributed by atoms with van der Waals surface area (Å²) in [5.74, 6) is 0.813. The first-order chi connectivity index (χ1) is 7.83. The van der Waals surface area contributed by atoms with E-state index in [4.69, 9.17) is 4.74 Å². The molecule has 1 aromatic heterocycles. The molecule has 1 heterocycles. The predicted octanol–water partition coefficient (Wildman–Crippen LogP) is 2.57. The number of hydrogen-bond acceptors (Lipinski definition) is 3. The van der Waals surface area contributed by atoms with Crippen molar-refractivity contribution in [2.75, 3.05) is 7.11 Å². The molecule has 0 fully saturated rings. The smallest absolute Gasteiger partial charge is 0.168 e. The molecule has 0 bridgehead atoms. The lowest BCUT2D eigenvalue weighted by Gasteiger charge is -2.03. The first kappa shape index (κ1) is 10.4. The molecule has 3 heteroatoms. The highest BCUT2D eigenvalue weighted by atomic mass is 16.5. The molecule has 0 saturated heterocycles. The minimum absolute atomic E-state index is 0.438. The first-order valence-corrected chi connectivity index (χ1v) is 4.89. The highest BCUT2D eigenvalue weighted by Gasteiger charge is 2.00. The maximum absolute atomic E-state index is 10.6. The zero-order chi connectivity index (χ0) is 11.4. The van der Waals surface area contributed by atoms with Crippen LogP contribution in [0.1, 0.15) is 10.5 Å². The van der Waals surface area contributed by atoms with E-state index in [-0.39, 0.29) is 0 Å². The molecule has 0 atom stereocenters. The van der Waals surface area contributed by atoms with E-state index in [1.165, 1.54) is 0 Å². The molecule has 0 unspecified atom stereocenters. The molecule has 0 aliphatic heterocycles. The van der Waals surface area contributed by atoms with E-state index in [9.17, 15) is 4.79 Å². The number of methoxy groups -OCH3 is 1. The van der Waals surface area contributed by atoms with Crippen LogP contribution in [0.25, 0.3) is 11.1 Å². The van der Waals surface area contributed by atoms with Crippen LogP contribution in [0.5, 0.6) is 5.75 Å². The quantitative estimate of drug-likeness (QED) is 0.735. The van der Waals surface area contributed by atoms with E-state index < -0.39 is 0 Å². The van der Waals surface area contributed by atoms with E-state index in [1.54, 1.807) is 19.4 Å². The molecule has 1 aromatic carbocycles. The topological polar surface area (TPSA) is 39.2 Å². The summed E-state index contributed by atoms with van der Waals surface area (Å²) in [5.41, 5.74) is 2.44. The number of nitrogens with zero attached hydrogens (tertiary/aromatic N) is 1. The Balaban J connectivity index is 2.38. The Labute approximate surface area is 93.7 Å². The number of carbonyl (C=O) groups excluding carboxylic acids is 1. The Bertz CT molecular complexity index is 492. The number of pyridine rings is 1. The van der Waals surface area contributed by atoms with Gasteiger partial charge in [0.15, 0.2) is 6.29 Å². The highest BCUT2D eigenvalue weighted by molar-refractivity contribution is 5.76. The Morgan fingerprint density at radius 2 is 1.88 bits per heavy atom. The summed E-state index contributed by atoms with van der Waals surface area (Å²) in [6.07, 6.45) is 2.37. The van der Waals surface area contributed by atoms with Crippen LogP contribution in [0, 0.1) is 0 Å². The summed E-state index contributed by atoms with van der Waals surface area (Å²) in [6.45, 7) is 0. The lowest BCUT2D eigenvalue weighted by molar-refractivity contribution is 0.111. The summed E-state index contributed by atoms with van der Waals surface area (Å²) in [7, 11) is 1.63. The van der Waals surface area contributed by atoms with E-state index in [0.717, 1.165) is 23.2 Å².